The lowest BCUT2D eigenvalue weighted by Crippen LogP contribution is -2.13. The first-order chi connectivity index (χ1) is 3.79. The molecule has 0 aliphatic carbocycles. The Morgan fingerprint density at radius 2 is 1.00 bits per heavy atom. The molecule has 1 aliphatic rings. The fraction of sp³-hybridized carbons (Fsp3) is 0. The molecule has 0 amide bonds. The number of rotatable bonds is 0. The van der Waals surface area contributed by atoms with Gasteiger partial charge in [0, 0.05) is 0 Å². The zero-order chi connectivity index (χ0) is 5.98. The third-order valence-corrected chi connectivity index (χ3v) is 0.744. The largest absolute Gasteiger partial charge is 0.285 e. The maximum atomic E-state index is 8.55. The molecule has 0 atom stereocenters. The molecule has 1 rings (SSSR count). The van der Waals surface area contributed by atoms with E-state index in [1.165, 1.54) is 24.8 Å². The first-order valence-corrected chi connectivity index (χ1v) is 2.10. The van der Waals surface area contributed by atoms with E-state index < -0.39 is 0 Å². The van der Waals surface area contributed by atoms with Crippen LogP contribution in [0.15, 0.2) is 24.8 Å². The third kappa shape index (κ3) is 0.988. The van der Waals surface area contributed by atoms with Crippen LogP contribution in [-0.4, -0.2) is 20.5 Å². The van der Waals surface area contributed by atoms with Gasteiger partial charge in [0.2, 0.25) is 0 Å². The molecular formula is C4H6N2O2. The highest BCUT2D eigenvalue weighted by atomic mass is 16.5. The number of hydrogen-bond donors (Lipinski definition) is 2. The lowest BCUT2D eigenvalue weighted by atomic mass is 10.7. The van der Waals surface area contributed by atoms with Gasteiger partial charge in [-0.25, -0.2) is 10.1 Å². The highest BCUT2D eigenvalue weighted by Crippen LogP contribution is 1.96. The summed E-state index contributed by atoms with van der Waals surface area (Å²) in [5, 5.41) is 18.8. The molecule has 8 heavy (non-hydrogen) atoms. The molecule has 0 bridgehead atoms. The van der Waals surface area contributed by atoms with Crippen LogP contribution in [0.3, 0.4) is 0 Å². The van der Waals surface area contributed by atoms with E-state index in [0.717, 1.165) is 10.1 Å². The van der Waals surface area contributed by atoms with Crippen molar-refractivity contribution in [3.63, 3.8) is 0 Å². The molecule has 0 spiro atoms. The van der Waals surface area contributed by atoms with Crippen LogP contribution in [-0.2, 0) is 0 Å². The summed E-state index contributed by atoms with van der Waals surface area (Å²) in [6, 6.07) is 0. The average molecular weight is 114 g/mol. The SMILES string of the molecule is ON1C=CN(O)C=C1. The summed E-state index contributed by atoms with van der Waals surface area (Å²) in [6.07, 6.45) is 5.22. The van der Waals surface area contributed by atoms with E-state index in [9.17, 15) is 0 Å². The minimum absolute atomic E-state index is 0.840. The highest BCUT2D eigenvalue weighted by Gasteiger charge is 1.93. The van der Waals surface area contributed by atoms with Gasteiger partial charge in [-0.3, -0.25) is 10.4 Å². The lowest BCUT2D eigenvalue weighted by Gasteiger charge is -2.13. The van der Waals surface area contributed by atoms with E-state index in [2.05, 4.69) is 0 Å². The van der Waals surface area contributed by atoms with Crippen molar-refractivity contribution >= 4 is 0 Å². The lowest BCUT2D eigenvalue weighted by molar-refractivity contribution is -0.0323. The molecular weight excluding hydrogens is 108 g/mol. The zero-order valence-electron chi connectivity index (χ0n) is 4.10. The first-order valence-electron chi connectivity index (χ1n) is 2.10. The average Bonchev–Trinajstić information content (AvgIpc) is 1.77. The summed E-state index contributed by atoms with van der Waals surface area (Å²) in [5.41, 5.74) is 0. The van der Waals surface area contributed by atoms with Gasteiger partial charge in [-0.1, -0.05) is 0 Å². The van der Waals surface area contributed by atoms with Crippen molar-refractivity contribution in [1.29, 1.82) is 0 Å². The molecule has 44 valence electrons. The molecule has 4 nitrogen and oxygen atoms in total. The van der Waals surface area contributed by atoms with Gasteiger partial charge in [-0.05, 0) is 0 Å². The van der Waals surface area contributed by atoms with Crippen LogP contribution in [0.4, 0.5) is 0 Å². The van der Waals surface area contributed by atoms with Crippen molar-refractivity contribution in [3.8, 4) is 0 Å². The molecule has 0 saturated heterocycles. The zero-order valence-corrected chi connectivity index (χ0v) is 4.10. The van der Waals surface area contributed by atoms with Crippen LogP contribution in [0, 0.1) is 0 Å². The summed E-state index contributed by atoms with van der Waals surface area (Å²) in [6.45, 7) is 0. The van der Waals surface area contributed by atoms with Gasteiger partial charge < -0.3 is 0 Å². The minimum Gasteiger partial charge on any atom is -0.285 e. The van der Waals surface area contributed by atoms with Crippen molar-refractivity contribution in [2.75, 3.05) is 0 Å². The number of hydrogen-bond acceptors (Lipinski definition) is 4. The van der Waals surface area contributed by atoms with Crippen LogP contribution in [0.1, 0.15) is 0 Å². The molecule has 0 aromatic heterocycles. The maximum absolute atomic E-state index is 8.55. The predicted octanol–water partition coefficient (Wildman–Crippen LogP) is 0.325. The van der Waals surface area contributed by atoms with Crippen molar-refractivity contribution in [2.45, 2.75) is 0 Å². The van der Waals surface area contributed by atoms with E-state index in [0.29, 0.717) is 0 Å². The van der Waals surface area contributed by atoms with Crippen molar-refractivity contribution in [3.05, 3.63) is 24.8 Å². The smallest absolute Gasteiger partial charge is 0.0512 e. The fourth-order valence-corrected chi connectivity index (χ4v) is 0.373. The molecule has 2 N–H and O–H groups in total. The van der Waals surface area contributed by atoms with Gasteiger partial charge in [0.25, 0.3) is 0 Å². The number of hydroxylamine groups is 4. The summed E-state index contributed by atoms with van der Waals surface area (Å²) < 4.78 is 0. The molecule has 0 aromatic carbocycles. The van der Waals surface area contributed by atoms with Gasteiger partial charge >= 0.3 is 0 Å². The van der Waals surface area contributed by atoms with E-state index in [1.807, 2.05) is 0 Å². The third-order valence-electron chi connectivity index (χ3n) is 0.744. The van der Waals surface area contributed by atoms with Gasteiger partial charge in [0.05, 0.1) is 24.8 Å². The monoisotopic (exact) mass is 114 g/mol. The standard InChI is InChI=1S/C4H6N2O2/c7-5-1-2-6(8)4-3-5/h1-4,7-8H. The quantitative estimate of drug-likeness (QED) is 0.476. The molecule has 1 heterocycles. The Hall–Kier alpha value is -1.00. The van der Waals surface area contributed by atoms with E-state index in [-0.39, 0.29) is 0 Å². The van der Waals surface area contributed by atoms with Gasteiger partial charge in [0.1, 0.15) is 0 Å². The molecule has 0 saturated carbocycles. The van der Waals surface area contributed by atoms with Crippen LogP contribution >= 0.6 is 0 Å². The molecule has 0 unspecified atom stereocenters. The van der Waals surface area contributed by atoms with Gasteiger partial charge in [-0.2, -0.15) is 0 Å². The topological polar surface area (TPSA) is 46.9 Å². The van der Waals surface area contributed by atoms with Gasteiger partial charge in [0.15, 0.2) is 0 Å². The minimum atomic E-state index is 0.840. The Kier molecular flexibility index (Phi) is 1.19. The Morgan fingerprint density at radius 1 is 0.750 bits per heavy atom. The highest BCUT2D eigenvalue weighted by molar-refractivity contribution is 4.93. The maximum Gasteiger partial charge on any atom is 0.0512 e. The Balaban J connectivity index is 2.54. The van der Waals surface area contributed by atoms with E-state index >= 15 is 0 Å². The fourth-order valence-electron chi connectivity index (χ4n) is 0.373. The number of nitrogens with zero attached hydrogens (tertiary/aromatic N) is 2. The molecule has 1 aliphatic heterocycles. The van der Waals surface area contributed by atoms with Crippen LogP contribution in [0.25, 0.3) is 0 Å². The Morgan fingerprint density at radius 3 is 1.25 bits per heavy atom. The Bertz CT molecular complexity index is 104. The normalized spacial score (nSPS) is 17.8. The van der Waals surface area contributed by atoms with E-state index in [1.54, 1.807) is 0 Å². The second kappa shape index (κ2) is 1.85. The van der Waals surface area contributed by atoms with Crippen molar-refractivity contribution in [2.24, 2.45) is 0 Å². The predicted molar refractivity (Wildman–Crippen MR) is 25.5 cm³/mol. The van der Waals surface area contributed by atoms with E-state index in [4.69, 9.17) is 10.4 Å². The van der Waals surface area contributed by atoms with Crippen molar-refractivity contribution in [1.82, 2.24) is 10.1 Å². The Labute approximate surface area is 46.5 Å². The molecule has 0 radical (unpaired) electrons. The second-order valence-electron chi connectivity index (χ2n) is 1.36. The summed E-state index contributed by atoms with van der Waals surface area (Å²) >= 11 is 0. The van der Waals surface area contributed by atoms with Crippen molar-refractivity contribution < 1.29 is 10.4 Å². The molecule has 4 heteroatoms. The second-order valence-corrected chi connectivity index (χ2v) is 1.36. The molecule has 0 aromatic rings. The molecule has 0 fully saturated rings. The summed E-state index contributed by atoms with van der Waals surface area (Å²) in [5.74, 6) is 0. The van der Waals surface area contributed by atoms with Crippen LogP contribution < -0.4 is 0 Å². The van der Waals surface area contributed by atoms with Gasteiger partial charge in [-0.15, -0.1) is 0 Å². The first kappa shape index (κ1) is 5.14. The van der Waals surface area contributed by atoms with Crippen LogP contribution in [0.2, 0.25) is 0 Å². The summed E-state index contributed by atoms with van der Waals surface area (Å²) in [7, 11) is 0. The van der Waals surface area contributed by atoms with Crippen LogP contribution in [0.5, 0.6) is 0 Å². The summed E-state index contributed by atoms with van der Waals surface area (Å²) in [4.78, 5) is 0.